The van der Waals surface area contributed by atoms with Crippen LogP contribution in [-0.2, 0) is 0 Å². The second-order valence-corrected chi connectivity index (χ2v) is 8.39. The average Bonchev–Trinajstić information content (AvgIpc) is 3.40. The van der Waals surface area contributed by atoms with Crippen molar-refractivity contribution in [1.82, 2.24) is 14.5 Å². The molecule has 4 rings (SSSR count). The van der Waals surface area contributed by atoms with Crippen molar-refractivity contribution in [2.45, 2.75) is 44.7 Å². The number of fused-ring (bicyclic) bond motifs is 1. The van der Waals surface area contributed by atoms with Gasteiger partial charge in [0.2, 0.25) is 0 Å². The maximum Gasteiger partial charge on any atom is 0.119 e. The van der Waals surface area contributed by atoms with E-state index in [1.165, 1.54) is 42.0 Å². The molecule has 2 aromatic carbocycles. The number of nitrogens with zero attached hydrogens (tertiary/aromatic N) is 3. The molecule has 28 heavy (non-hydrogen) atoms. The normalized spacial score (nSPS) is 17.3. The minimum absolute atomic E-state index is 0.222. The van der Waals surface area contributed by atoms with E-state index >= 15 is 0 Å². The lowest BCUT2D eigenvalue weighted by Gasteiger charge is -2.31. The van der Waals surface area contributed by atoms with Crippen molar-refractivity contribution in [2.75, 3.05) is 20.7 Å². The quantitative estimate of drug-likeness (QED) is 0.571. The first-order valence-electron chi connectivity index (χ1n) is 10.4. The van der Waals surface area contributed by atoms with Gasteiger partial charge in [-0.05, 0) is 74.3 Å². The van der Waals surface area contributed by atoms with Gasteiger partial charge in [-0.25, -0.2) is 4.98 Å². The zero-order valence-corrected chi connectivity index (χ0v) is 17.2. The van der Waals surface area contributed by atoms with Crippen molar-refractivity contribution in [3.05, 3.63) is 60.7 Å². The Labute approximate surface area is 168 Å². The second kappa shape index (κ2) is 8.36. The summed E-state index contributed by atoms with van der Waals surface area (Å²) in [6.45, 7) is 3.11. The summed E-state index contributed by atoms with van der Waals surface area (Å²) in [7, 11) is 4.26. The van der Waals surface area contributed by atoms with Crippen LogP contribution in [0.5, 0.6) is 5.75 Å². The summed E-state index contributed by atoms with van der Waals surface area (Å²) in [6, 6.07) is 13.8. The number of aromatic nitrogens is 2. The Morgan fingerprint density at radius 2 is 1.86 bits per heavy atom. The summed E-state index contributed by atoms with van der Waals surface area (Å²) in [4.78, 5) is 6.52. The predicted molar refractivity (Wildman–Crippen MR) is 115 cm³/mol. The van der Waals surface area contributed by atoms with Gasteiger partial charge in [0.25, 0.3) is 0 Å². The Morgan fingerprint density at radius 1 is 1.11 bits per heavy atom. The molecule has 0 radical (unpaired) electrons. The van der Waals surface area contributed by atoms with Gasteiger partial charge in [-0.1, -0.05) is 31.0 Å². The fourth-order valence-corrected chi connectivity index (χ4v) is 4.32. The second-order valence-electron chi connectivity index (χ2n) is 8.39. The summed E-state index contributed by atoms with van der Waals surface area (Å²) in [5.41, 5.74) is 1.30. The van der Waals surface area contributed by atoms with Crippen LogP contribution < -0.4 is 4.74 Å². The zero-order chi connectivity index (χ0) is 19.5. The molecule has 0 aliphatic heterocycles. The Kier molecular flexibility index (Phi) is 5.67. The third-order valence-electron chi connectivity index (χ3n) is 6.26. The molecule has 0 bridgehead atoms. The van der Waals surface area contributed by atoms with Crippen molar-refractivity contribution >= 4 is 10.8 Å². The molecule has 0 amide bonds. The van der Waals surface area contributed by atoms with Crippen LogP contribution in [0.2, 0.25) is 0 Å². The van der Waals surface area contributed by atoms with Gasteiger partial charge in [-0.3, -0.25) is 0 Å². The van der Waals surface area contributed by atoms with E-state index in [9.17, 15) is 0 Å². The number of imidazole rings is 1. The Morgan fingerprint density at radius 3 is 2.57 bits per heavy atom. The fourth-order valence-electron chi connectivity index (χ4n) is 4.32. The molecule has 1 heterocycles. The number of likely N-dealkylation sites (N-methyl/N-ethyl adjacent to an activating group) is 1. The zero-order valence-electron chi connectivity index (χ0n) is 17.2. The SMILES string of the molecule is CC(C(c1ccc2cc(OCC3CCCC3)ccc2c1)n1ccnc1)N(C)C. The van der Waals surface area contributed by atoms with Crippen LogP contribution in [0.25, 0.3) is 10.8 Å². The van der Waals surface area contributed by atoms with Crippen molar-refractivity contribution in [3.8, 4) is 5.75 Å². The molecular weight excluding hydrogens is 346 g/mol. The van der Waals surface area contributed by atoms with Gasteiger partial charge in [-0.2, -0.15) is 0 Å². The third-order valence-corrected chi connectivity index (χ3v) is 6.26. The maximum atomic E-state index is 6.09. The first-order valence-corrected chi connectivity index (χ1v) is 10.4. The average molecular weight is 378 g/mol. The van der Waals surface area contributed by atoms with Gasteiger partial charge in [-0.15, -0.1) is 0 Å². The smallest absolute Gasteiger partial charge is 0.119 e. The molecule has 148 valence electrons. The summed E-state index contributed by atoms with van der Waals surface area (Å²) < 4.78 is 8.28. The fraction of sp³-hybridized carbons (Fsp3) is 0.458. The monoisotopic (exact) mass is 377 g/mol. The van der Waals surface area contributed by atoms with Crippen LogP contribution in [0.3, 0.4) is 0 Å². The van der Waals surface area contributed by atoms with E-state index < -0.39 is 0 Å². The molecular formula is C24H31N3O. The Bertz CT molecular complexity index is 897. The summed E-state index contributed by atoms with van der Waals surface area (Å²) in [5.74, 6) is 1.72. The van der Waals surface area contributed by atoms with Crippen molar-refractivity contribution in [3.63, 3.8) is 0 Å². The topological polar surface area (TPSA) is 30.3 Å². The lowest BCUT2D eigenvalue weighted by Crippen LogP contribution is -2.34. The first-order chi connectivity index (χ1) is 13.6. The largest absolute Gasteiger partial charge is 0.493 e. The van der Waals surface area contributed by atoms with Crippen LogP contribution in [-0.4, -0.2) is 41.2 Å². The van der Waals surface area contributed by atoms with Gasteiger partial charge in [0.05, 0.1) is 19.0 Å². The van der Waals surface area contributed by atoms with Crippen LogP contribution in [0.1, 0.15) is 44.2 Å². The van der Waals surface area contributed by atoms with E-state index in [4.69, 9.17) is 4.74 Å². The molecule has 0 spiro atoms. The molecule has 0 saturated heterocycles. The standard InChI is InChI=1S/C24H31N3O/c1-18(26(2)3)24(27-13-12-25-17-27)22-9-8-21-15-23(11-10-20(21)14-22)28-16-19-6-4-5-7-19/h8-15,17-19,24H,4-7,16H2,1-3H3. The number of rotatable bonds is 7. The molecule has 1 saturated carbocycles. The van der Waals surface area contributed by atoms with E-state index in [1.54, 1.807) is 0 Å². The van der Waals surface area contributed by atoms with Gasteiger partial charge >= 0.3 is 0 Å². The number of benzene rings is 2. The predicted octanol–water partition coefficient (Wildman–Crippen LogP) is 5.14. The maximum absolute atomic E-state index is 6.09. The van der Waals surface area contributed by atoms with Crippen LogP contribution in [0, 0.1) is 5.92 Å². The molecule has 0 N–H and O–H groups in total. The summed E-state index contributed by atoms with van der Waals surface area (Å²) in [5, 5.41) is 2.48. The molecule has 1 aliphatic carbocycles. The van der Waals surface area contributed by atoms with Crippen molar-refractivity contribution in [1.29, 1.82) is 0 Å². The van der Waals surface area contributed by atoms with Gasteiger partial charge in [0.1, 0.15) is 5.75 Å². The molecule has 1 aromatic heterocycles. The third kappa shape index (κ3) is 4.07. The molecule has 2 atom stereocenters. The van der Waals surface area contributed by atoms with Crippen LogP contribution in [0.4, 0.5) is 0 Å². The van der Waals surface area contributed by atoms with E-state index in [-0.39, 0.29) is 6.04 Å². The van der Waals surface area contributed by atoms with E-state index in [0.29, 0.717) is 6.04 Å². The Hall–Kier alpha value is -2.33. The van der Waals surface area contributed by atoms with Gasteiger partial charge in [0.15, 0.2) is 0 Å². The number of ether oxygens (including phenoxy) is 1. The van der Waals surface area contributed by atoms with E-state index in [2.05, 4.69) is 78.1 Å². The summed E-state index contributed by atoms with van der Waals surface area (Å²) >= 11 is 0. The number of hydrogen-bond donors (Lipinski definition) is 0. The van der Waals surface area contributed by atoms with Gasteiger partial charge < -0.3 is 14.2 Å². The highest BCUT2D eigenvalue weighted by molar-refractivity contribution is 5.84. The first kappa shape index (κ1) is 19.0. The van der Waals surface area contributed by atoms with Crippen LogP contribution in [0.15, 0.2) is 55.1 Å². The minimum atomic E-state index is 0.222. The molecule has 4 nitrogen and oxygen atoms in total. The highest BCUT2D eigenvalue weighted by Gasteiger charge is 2.23. The lowest BCUT2D eigenvalue weighted by molar-refractivity contribution is 0.252. The Balaban J connectivity index is 1.58. The summed E-state index contributed by atoms with van der Waals surface area (Å²) in [6.07, 6.45) is 11.2. The van der Waals surface area contributed by atoms with Crippen molar-refractivity contribution < 1.29 is 4.74 Å². The number of hydrogen-bond acceptors (Lipinski definition) is 3. The van der Waals surface area contributed by atoms with Crippen LogP contribution >= 0.6 is 0 Å². The molecule has 2 unspecified atom stereocenters. The highest BCUT2D eigenvalue weighted by atomic mass is 16.5. The molecule has 1 fully saturated rings. The van der Waals surface area contributed by atoms with E-state index in [0.717, 1.165) is 18.3 Å². The highest BCUT2D eigenvalue weighted by Crippen LogP contribution is 2.30. The minimum Gasteiger partial charge on any atom is -0.493 e. The molecule has 4 heteroatoms. The molecule has 3 aromatic rings. The molecule has 1 aliphatic rings. The van der Waals surface area contributed by atoms with Crippen molar-refractivity contribution in [2.24, 2.45) is 5.92 Å². The van der Waals surface area contributed by atoms with Gasteiger partial charge in [0, 0.05) is 18.4 Å². The van der Waals surface area contributed by atoms with E-state index in [1.807, 2.05) is 12.5 Å². The lowest BCUT2D eigenvalue weighted by atomic mass is 9.96.